The summed E-state index contributed by atoms with van der Waals surface area (Å²) < 4.78 is 26.4. The van der Waals surface area contributed by atoms with Crippen LogP contribution in [0.5, 0.6) is 0 Å². The maximum atomic E-state index is 12.0. The molecule has 0 saturated heterocycles. The smallest absolute Gasteiger partial charge is 0.305 e. The molecule has 0 bridgehead atoms. The zero-order valence-corrected chi connectivity index (χ0v) is 12.1. The summed E-state index contributed by atoms with van der Waals surface area (Å²) in [5.74, 6) is 0. The third-order valence-corrected chi connectivity index (χ3v) is 6.03. The summed E-state index contributed by atoms with van der Waals surface area (Å²) in [6.45, 7) is 3.59. The molecular weight excluding hydrogens is 294 g/mol. The Kier molecular flexibility index (Phi) is 3.66. The molecule has 18 heavy (non-hydrogen) atoms. The SMILES string of the molecule is Cc1cnc(CNS(=O)(=O)c2sc(=O)[nH]c2C)s1. The second kappa shape index (κ2) is 4.92. The van der Waals surface area contributed by atoms with Gasteiger partial charge in [0.15, 0.2) is 4.21 Å². The first-order valence-electron chi connectivity index (χ1n) is 4.99. The van der Waals surface area contributed by atoms with Crippen molar-refractivity contribution in [3.05, 3.63) is 31.4 Å². The van der Waals surface area contributed by atoms with Crippen molar-refractivity contribution in [3.8, 4) is 0 Å². The number of hydrogen-bond donors (Lipinski definition) is 2. The molecule has 6 nitrogen and oxygen atoms in total. The molecule has 0 saturated carbocycles. The van der Waals surface area contributed by atoms with E-state index in [1.54, 1.807) is 13.1 Å². The molecular formula is C9H11N3O3S3. The van der Waals surface area contributed by atoms with E-state index in [-0.39, 0.29) is 15.6 Å². The van der Waals surface area contributed by atoms with Gasteiger partial charge < -0.3 is 4.98 Å². The van der Waals surface area contributed by atoms with E-state index in [0.29, 0.717) is 22.0 Å². The summed E-state index contributed by atoms with van der Waals surface area (Å²) in [4.78, 5) is 18.3. The van der Waals surface area contributed by atoms with Crippen molar-refractivity contribution >= 4 is 32.7 Å². The van der Waals surface area contributed by atoms with Gasteiger partial charge in [-0.1, -0.05) is 11.3 Å². The third-order valence-electron chi connectivity index (χ3n) is 2.11. The van der Waals surface area contributed by atoms with Crippen molar-refractivity contribution in [2.45, 2.75) is 24.6 Å². The van der Waals surface area contributed by atoms with Crippen LogP contribution in [-0.2, 0) is 16.6 Å². The summed E-state index contributed by atoms with van der Waals surface area (Å²) in [5.41, 5.74) is 0.354. The highest BCUT2D eigenvalue weighted by Gasteiger charge is 2.20. The van der Waals surface area contributed by atoms with E-state index in [2.05, 4.69) is 14.7 Å². The fraction of sp³-hybridized carbons (Fsp3) is 0.333. The summed E-state index contributed by atoms with van der Waals surface area (Å²) in [5, 5.41) is 0.691. The molecule has 0 aromatic carbocycles. The molecule has 0 unspecified atom stereocenters. The van der Waals surface area contributed by atoms with Crippen molar-refractivity contribution in [3.63, 3.8) is 0 Å². The monoisotopic (exact) mass is 305 g/mol. The topological polar surface area (TPSA) is 91.9 Å². The zero-order valence-electron chi connectivity index (χ0n) is 9.68. The second-order valence-corrected chi connectivity index (χ2v) is 7.88. The molecule has 0 amide bonds. The van der Waals surface area contributed by atoms with Crippen LogP contribution in [0.3, 0.4) is 0 Å². The largest absolute Gasteiger partial charge is 0.315 e. The summed E-state index contributed by atoms with van der Waals surface area (Å²) in [7, 11) is -3.66. The molecule has 0 atom stereocenters. The molecule has 0 spiro atoms. The number of aromatic nitrogens is 2. The summed E-state index contributed by atoms with van der Waals surface area (Å²) >= 11 is 2.11. The van der Waals surface area contributed by atoms with Crippen LogP contribution in [-0.4, -0.2) is 18.4 Å². The number of nitrogens with one attached hydrogen (secondary N) is 2. The van der Waals surface area contributed by atoms with Gasteiger partial charge in [0.2, 0.25) is 0 Å². The van der Waals surface area contributed by atoms with Gasteiger partial charge in [-0.05, 0) is 13.8 Å². The van der Waals surface area contributed by atoms with E-state index < -0.39 is 10.0 Å². The highest BCUT2D eigenvalue weighted by molar-refractivity contribution is 7.91. The van der Waals surface area contributed by atoms with E-state index in [9.17, 15) is 13.2 Å². The Hall–Kier alpha value is -1.03. The Balaban J connectivity index is 2.18. The van der Waals surface area contributed by atoms with E-state index in [4.69, 9.17) is 0 Å². The number of H-pyrrole nitrogens is 1. The Bertz CT molecular complexity index is 711. The average molecular weight is 305 g/mol. The maximum absolute atomic E-state index is 12.0. The van der Waals surface area contributed by atoms with Crippen LogP contribution in [0.25, 0.3) is 0 Å². The highest BCUT2D eigenvalue weighted by atomic mass is 32.2. The molecule has 0 radical (unpaired) electrons. The van der Waals surface area contributed by atoms with Crippen LogP contribution >= 0.6 is 22.7 Å². The van der Waals surface area contributed by atoms with Gasteiger partial charge >= 0.3 is 4.87 Å². The van der Waals surface area contributed by atoms with Gasteiger partial charge in [-0.25, -0.2) is 18.1 Å². The van der Waals surface area contributed by atoms with Gasteiger partial charge in [-0.2, -0.15) is 0 Å². The first-order valence-corrected chi connectivity index (χ1v) is 8.11. The quantitative estimate of drug-likeness (QED) is 0.881. The van der Waals surface area contributed by atoms with Crippen LogP contribution in [0.15, 0.2) is 15.2 Å². The minimum Gasteiger partial charge on any atom is -0.315 e. The number of rotatable bonds is 4. The van der Waals surface area contributed by atoms with E-state index in [0.717, 1.165) is 4.88 Å². The molecule has 98 valence electrons. The zero-order chi connectivity index (χ0) is 13.3. The lowest BCUT2D eigenvalue weighted by molar-refractivity contribution is 0.582. The third kappa shape index (κ3) is 2.86. The van der Waals surface area contributed by atoms with Gasteiger partial charge in [-0.3, -0.25) is 4.79 Å². The van der Waals surface area contributed by atoms with E-state index in [1.165, 1.54) is 11.3 Å². The van der Waals surface area contributed by atoms with Crippen molar-refractivity contribution in [1.29, 1.82) is 0 Å². The first kappa shape index (κ1) is 13.4. The lowest BCUT2D eigenvalue weighted by Gasteiger charge is -2.02. The molecule has 2 N–H and O–H groups in total. The summed E-state index contributed by atoms with van der Waals surface area (Å²) in [6, 6.07) is 0. The van der Waals surface area contributed by atoms with Crippen molar-refractivity contribution in [2.75, 3.05) is 0 Å². The average Bonchev–Trinajstić information content (AvgIpc) is 2.82. The van der Waals surface area contributed by atoms with Crippen molar-refractivity contribution < 1.29 is 8.42 Å². The standard InChI is InChI=1S/C9H11N3O3S3/c1-5-3-10-7(16-5)4-11-18(14,15)8-6(2)12-9(13)17-8/h3,11H,4H2,1-2H3,(H,12,13). The molecule has 0 aliphatic heterocycles. The number of thiazole rings is 2. The lowest BCUT2D eigenvalue weighted by atomic mass is 10.6. The van der Waals surface area contributed by atoms with Crippen LogP contribution < -0.4 is 9.60 Å². The molecule has 2 aromatic rings. The van der Waals surface area contributed by atoms with E-state index >= 15 is 0 Å². The fourth-order valence-electron chi connectivity index (χ4n) is 1.35. The normalized spacial score (nSPS) is 11.9. The van der Waals surface area contributed by atoms with Crippen LogP contribution in [0.2, 0.25) is 0 Å². The Labute approximate surface area is 112 Å². The molecule has 0 aliphatic carbocycles. The van der Waals surface area contributed by atoms with E-state index in [1.807, 2.05) is 6.92 Å². The molecule has 0 aliphatic rings. The van der Waals surface area contributed by atoms with Crippen LogP contribution in [0.1, 0.15) is 15.6 Å². The van der Waals surface area contributed by atoms with Gasteiger partial charge in [0.05, 0.1) is 6.54 Å². The summed E-state index contributed by atoms with van der Waals surface area (Å²) in [6.07, 6.45) is 1.69. The molecule has 2 aromatic heterocycles. The minimum absolute atomic E-state index is 0.0285. The molecule has 0 fully saturated rings. The Morgan fingerprint density at radius 2 is 2.11 bits per heavy atom. The van der Waals surface area contributed by atoms with Crippen LogP contribution in [0, 0.1) is 13.8 Å². The highest BCUT2D eigenvalue weighted by Crippen LogP contribution is 2.17. The predicted octanol–water partition coefficient (Wildman–Crippen LogP) is 0.988. The van der Waals surface area contributed by atoms with Gasteiger partial charge in [0, 0.05) is 16.8 Å². The Morgan fingerprint density at radius 3 is 2.61 bits per heavy atom. The molecule has 9 heteroatoms. The fourth-order valence-corrected chi connectivity index (χ4v) is 4.50. The van der Waals surface area contributed by atoms with Crippen molar-refractivity contribution in [1.82, 2.24) is 14.7 Å². The number of hydrogen-bond acceptors (Lipinski definition) is 6. The predicted molar refractivity (Wildman–Crippen MR) is 70.6 cm³/mol. The van der Waals surface area contributed by atoms with Crippen LogP contribution in [0.4, 0.5) is 0 Å². The number of sulfonamides is 1. The van der Waals surface area contributed by atoms with Gasteiger partial charge in [0.25, 0.3) is 10.0 Å². The van der Waals surface area contributed by atoms with Crippen molar-refractivity contribution in [2.24, 2.45) is 0 Å². The minimum atomic E-state index is -3.66. The van der Waals surface area contributed by atoms with Gasteiger partial charge in [-0.15, -0.1) is 11.3 Å². The number of aromatic amines is 1. The first-order chi connectivity index (χ1) is 8.38. The molecule has 2 heterocycles. The number of aryl methyl sites for hydroxylation is 2. The maximum Gasteiger partial charge on any atom is 0.305 e. The number of nitrogens with zero attached hydrogens (tertiary/aromatic N) is 1. The Morgan fingerprint density at radius 1 is 1.39 bits per heavy atom. The second-order valence-electron chi connectivity index (χ2n) is 3.62. The lowest BCUT2D eigenvalue weighted by Crippen LogP contribution is -2.23. The molecule has 2 rings (SSSR count). The van der Waals surface area contributed by atoms with Gasteiger partial charge in [0.1, 0.15) is 5.01 Å².